The SMILES string of the molecule is CC(=O)c1cn(C(N)=O)c2ccccc12.CC1(C(F)(F)F)C=C(C(F)(F)F)C=C(C(=O)NC(CCC(=O)O)Cc2ccc(Cl)cc2)C1. The van der Waals surface area contributed by atoms with Crippen molar-refractivity contribution in [2.75, 3.05) is 0 Å². The number of halogens is 7. The van der Waals surface area contributed by atoms with Crippen LogP contribution in [0.2, 0.25) is 5.02 Å². The Hall–Kier alpha value is -4.59. The molecular weight excluding hydrogens is 656 g/mol. The number of benzene rings is 2. The quantitative estimate of drug-likeness (QED) is 0.168. The number of ketones is 1. The molecule has 0 aliphatic heterocycles. The topological polar surface area (TPSA) is 131 Å². The van der Waals surface area contributed by atoms with Gasteiger partial charge in [-0.25, -0.2) is 4.79 Å². The van der Waals surface area contributed by atoms with Crippen LogP contribution < -0.4 is 11.1 Å². The zero-order valence-corrected chi connectivity index (χ0v) is 25.8. The van der Waals surface area contributed by atoms with Gasteiger partial charge in [0, 0.05) is 40.2 Å². The number of rotatable bonds is 8. The Balaban J connectivity index is 0.000000331. The molecule has 252 valence electrons. The van der Waals surface area contributed by atoms with Crippen molar-refractivity contribution < 1.29 is 50.6 Å². The molecule has 0 saturated heterocycles. The van der Waals surface area contributed by atoms with E-state index in [1.54, 1.807) is 42.5 Å². The Morgan fingerprint density at radius 1 is 1.04 bits per heavy atom. The molecule has 1 heterocycles. The number of primary amides is 1. The maximum Gasteiger partial charge on any atom is 0.416 e. The Morgan fingerprint density at radius 2 is 1.66 bits per heavy atom. The van der Waals surface area contributed by atoms with E-state index in [9.17, 15) is 45.5 Å². The molecule has 2 aromatic carbocycles. The fourth-order valence-electron chi connectivity index (χ4n) is 4.91. The van der Waals surface area contributed by atoms with E-state index in [1.165, 1.54) is 17.7 Å². The molecule has 0 saturated carbocycles. The number of carbonyl (C=O) groups excluding carboxylic acids is 3. The van der Waals surface area contributed by atoms with Crippen molar-refractivity contribution in [3.05, 3.63) is 94.2 Å². The molecular formula is C32H30ClF6N3O5. The number of nitrogens with zero attached hydrogens (tertiary/aromatic N) is 1. The van der Waals surface area contributed by atoms with Gasteiger partial charge in [0.05, 0.1) is 16.5 Å². The minimum Gasteiger partial charge on any atom is -0.481 e. The number of hydrogen-bond donors (Lipinski definition) is 3. The number of carboxylic acid groups (broad SMARTS) is 1. The van der Waals surface area contributed by atoms with Crippen molar-refractivity contribution in [2.45, 2.75) is 57.9 Å². The number of nitrogens with one attached hydrogen (secondary N) is 1. The molecule has 3 aromatic rings. The summed E-state index contributed by atoms with van der Waals surface area (Å²) in [4.78, 5) is 46.1. The summed E-state index contributed by atoms with van der Waals surface area (Å²) in [5.74, 6) is -2.35. The van der Waals surface area contributed by atoms with Gasteiger partial charge in [-0.15, -0.1) is 0 Å². The highest BCUT2D eigenvalue weighted by molar-refractivity contribution is 6.30. The van der Waals surface area contributed by atoms with E-state index >= 15 is 0 Å². The van der Waals surface area contributed by atoms with E-state index in [4.69, 9.17) is 22.4 Å². The number of allylic oxidation sites excluding steroid dienone is 3. The van der Waals surface area contributed by atoms with E-state index in [1.807, 2.05) is 6.07 Å². The first-order valence-electron chi connectivity index (χ1n) is 14.0. The van der Waals surface area contributed by atoms with Gasteiger partial charge in [-0.1, -0.05) is 48.0 Å². The van der Waals surface area contributed by atoms with Gasteiger partial charge >= 0.3 is 24.4 Å². The lowest BCUT2D eigenvalue weighted by Crippen LogP contribution is -2.42. The molecule has 0 radical (unpaired) electrons. The lowest BCUT2D eigenvalue weighted by molar-refractivity contribution is -0.201. The summed E-state index contributed by atoms with van der Waals surface area (Å²) in [5, 5.41) is 12.5. The fourth-order valence-corrected chi connectivity index (χ4v) is 5.04. The van der Waals surface area contributed by atoms with Gasteiger partial charge in [0.2, 0.25) is 5.91 Å². The first-order chi connectivity index (χ1) is 21.7. The minimum atomic E-state index is -5.08. The number of para-hydroxylation sites is 1. The van der Waals surface area contributed by atoms with E-state index in [0.717, 1.165) is 5.39 Å². The maximum atomic E-state index is 13.5. The first kappa shape index (κ1) is 36.9. The fraction of sp³-hybridized carbons (Fsp3) is 0.312. The van der Waals surface area contributed by atoms with Gasteiger partial charge in [0.15, 0.2) is 5.78 Å². The summed E-state index contributed by atoms with van der Waals surface area (Å²) >= 11 is 5.81. The summed E-state index contributed by atoms with van der Waals surface area (Å²) in [6.45, 7) is 2.06. The third-order valence-corrected chi connectivity index (χ3v) is 7.65. The summed E-state index contributed by atoms with van der Waals surface area (Å²) in [5.41, 5.74) is 1.91. The van der Waals surface area contributed by atoms with E-state index in [0.29, 0.717) is 34.7 Å². The van der Waals surface area contributed by atoms with Gasteiger partial charge in [-0.2, -0.15) is 26.3 Å². The predicted octanol–water partition coefficient (Wildman–Crippen LogP) is 7.39. The molecule has 2 atom stereocenters. The molecule has 8 nitrogen and oxygen atoms in total. The van der Waals surface area contributed by atoms with Crippen molar-refractivity contribution >= 4 is 46.2 Å². The van der Waals surface area contributed by atoms with Crippen LogP contribution >= 0.6 is 11.6 Å². The molecule has 2 unspecified atom stereocenters. The Kier molecular flexibility index (Phi) is 11.3. The second-order valence-electron chi connectivity index (χ2n) is 11.1. The van der Waals surface area contributed by atoms with Crippen LogP contribution in [0.1, 0.15) is 49.0 Å². The van der Waals surface area contributed by atoms with E-state index in [2.05, 4.69) is 5.32 Å². The highest BCUT2D eigenvalue weighted by atomic mass is 35.5. The zero-order valence-electron chi connectivity index (χ0n) is 25.0. The number of aliphatic carboxylic acids is 1. The second-order valence-corrected chi connectivity index (χ2v) is 11.6. The first-order valence-corrected chi connectivity index (χ1v) is 14.3. The van der Waals surface area contributed by atoms with Crippen molar-refractivity contribution in [3.8, 4) is 0 Å². The molecule has 0 spiro atoms. The second kappa shape index (κ2) is 14.4. The average Bonchev–Trinajstić information content (AvgIpc) is 3.37. The van der Waals surface area contributed by atoms with Crippen LogP contribution in [0.25, 0.3) is 10.9 Å². The van der Waals surface area contributed by atoms with Crippen molar-refractivity contribution in [1.82, 2.24) is 9.88 Å². The van der Waals surface area contributed by atoms with Crippen LogP contribution in [-0.4, -0.2) is 51.8 Å². The van der Waals surface area contributed by atoms with Crippen LogP contribution in [0.4, 0.5) is 31.1 Å². The highest BCUT2D eigenvalue weighted by Crippen LogP contribution is 2.49. The minimum absolute atomic E-state index is 0.0739. The molecule has 4 N–H and O–H groups in total. The summed E-state index contributed by atoms with van der Waals surface area (Å²) in [7, 11) is 0. The van der Waals surface area contributed by atoms with E-state index in [-0.39, 0.29) is 31.1 Å². The van der Waals surface area contributed by atoms with Crippen LogP contribution in [0.3, 0.4) is 0 Å². The number of amides is 2. The third-order valence-electron chi connectivity index (χ3n) is 7.39. The number of aromatic nitrogens is 1. The normalized spacial score (nSPS) is 17.1. The monoisotopic (exact) mass is 685 g/mol. The third kappa shape index (κ3) is 9.47. The molecule has 15 heteroatoms. The van der Waals surface area contributed by atoms with Gasteiger partial charge in [0.25, 0.3) is 0 Å². The molecule has 1 aliphatic carbocycles. The highest BCUT2D eigenvalue weighted by Gasteiger charge is 2.53. The molecule has 2 amide bonds. The lowest BCUT2D eigenvalue weighted by atomic mass is 9.76. The summed E-state index contributed by atoms with van der Waals surface area (Å²) < 4.78 is 81.3. The molecule has 1 aromatic heterocycles. The average molecular weight is 686 g/mol. The van der Waals surface area contributed by atoms with Gasteiger partial charge < -0.3 is 16.2 Å². The van der Waals surface area contributed by atoms with Gasteiger partial charge in [0.1, 0.15) is 0 Å². The molecule has 47 heavy (non-hydrogen) atoms. The van der Waals surface area contributed by atoms with Crippen LogP contribution in [0.5, 0.6) is 0 Å². The Morgan fingerprint density at radius 3 is 2.19 bits per heavy atom. The van der Waals surface area contributed by atoms with Crippen molar-refractivity contribution in [2.24, 2.45) is 11.1 Å². The van der Waals surface area contributed by atoms with Crippen molar-refractivity contribution in [1.29, 1.82) is 0 Å². The van der Waals surface area contributed by atoms with Gasteiger partial charge in [-0.05, 0) is 62.9 Å². The predicted molar refractivity (Wildman–Crippen MR) is 162 cm³/mol. The van der Waals surface area contributed by atoms with Crippen LogP contribution in [0, 0.1) is 5.41 Å². The molecule has 0 fully saturated rings. The zero-order chi connectivity index (χ0) is 35.3. The Labute approximate surface area is 269 Å². The number of Topliss-reactive ketones (excluding diaryl/α,β-unsaturated/α-hetero) is 1. The number of carboxylic acids is 1. The largest absolute Gasteiger partial charge is 0.481 e. The number of fused-ring (bicyclic) bond motifs is 1. The molecule has 0 bridgehead atoms. The molecule has 1 aliphatic rings. The summed E-state index contributed by atoms with van der Waals surface area (Å²) in [6.07, 6.45) is -9.43. The van der Waals surface area contributed by atoms with Crippen molar-refractivity contribution in [3.63, 3.8) is 0 Å². The number of hydrogen-bond acceptors (Lipinski definition) is 4. The number of alkyl halides is 6. The van der Waals surface area contributed by atoms with Gasteiger partial charge in [-0.3, -0.25) is 19.0 Å². The number of carbonyl (C=O) groups is 4. The van der Waals surface area contributed by atoms with E-state index < -0.39 is 59.3 Å². The lowest BCUT2D eigenvalue weighted by Gasteiger charge is -2.34. The summed E-state index contributed by atoms with van der Waals surface area (Å²) in [6, 6.07) is 12.1. The number of nitrogens with two attached hydrogens (primary N) is 1. The standard InChI is InChI=1S/C21H20ClF6NO3.C11H10N2O2/c1-19(21(26,27)28)10-13(9-14(11-19)20(23,24)25)18(32)29-16(6-7-17(30)31)8-12-2-4-15(22)5-3-12;1-7(14)9-6-13(11(12)15)10-5-3-2-4-8(9)10/h2-5,9,11,16H,6-8,10H2,1H3,(H,29,32)(H,30,31);2-6H,1H3,(H2,12,15). The smallest absolute Gasteiger partial charge is 0.416 e. The molecule has 4 rings (SSSR count). The van der Waals surface area contributed by atoms with Crippen LogP contribution in [-0.2, 0) is 16.0 Å². The maximum absolute atomic E-state index is 13.5. The Bertz CT molecular complexity index is 1680. The van der Waals surface area contributed by atoms with Crippen LogP contribution in [0.15, 0.2) is 78.0 Å².